The molecule has 0 fully saturated rings. The van der Waals surface area contributed by atoms with Crippen molar-refractivity contribution in [1.82, 2.24) is 5.32 Å². The van der Waals surface area contributed by atoms with Crippen molar-refractivity contribution in [2.45, 2.75) is 78.7 Å². The Labute approximate surface area is 193 Å². The molecule has 0 aromatic heterocycles. The van der Waals surface area contributed by atoms with E-state index in [2.05, 4.69) is 44.8 Å². The lowest BCUT2D eigenvalue weighted by molar-refractivity contribution is -0.143. The van der Waals surface area contributed by atoms with Gasteiger partial charge < -0.3 is 10.1 Å². The number of carbonyl (C=O) groups excluding carboxylic acids is 1. The number of hydrogen-bond acceptors (Lipinski definition) is 4. The van der Waals surface area contributed by atoms with E-state index in [4.69, 9.17) is 4.74 Å². The molecule has 0 radical (unpaired) electrons. The lowest BCUT2D eigenvalue weighted by Crippen LogP contribution is -2.23. The number of rotatable bonds is 15. The Balaban J connectivity index is 0.000000615. The quantitative estimate of drug-likeness (QED) is 0.176. The number of halogens is 1. The molecule has 3 nitrogen and oxygen atoms in total. The molecule has 31 heavy (non-hydrogen) atoms. The average Bonchev–Trinajstić information content (AvgIpc) is 2.75. The number of hydrogen-bond donors (Lipinski definition) is 1. The predicted molar refractivity (Wildman–Crippen MR) is 134 cm³/mol. The number of aryl methyl sites for hydroxylation is 1. The van der Waals surface area contributed by atoms with Crippen molar-refractivity contribution in [2.24, 2.45) is 0 Å². The summed E-state index contributed by atoms with van der Waals surface area (Å²) in [6.07, 6.45) is 10.9. The van der Waals surface area contributed by atoms with Gasteiger partial charge in [0.25, 0.3) is 0 Å². The van der Waals surface area contributed by atoms with Crippen molar-refractivity contribution in [3.63, 3.8) is 0 Å². The van der Waals surface area contributed by atoms with Crippen LogP contribution in [0, 0.1) is 5.82 Å². The van der Waals surface area contributed by atoms with Crippen LogP contribution in [0.2, 0.25) is 0 Å². The summed E-state index contributed by atoms with van der Waals surface area (Å²) < 4.78 is 17.7. The van der Waals surface area contributed by atoms with E-state index in [-0.39, 0.29) is 11.8 Å². The first-order valence-electron chi connectivity index (χ1n) is 11.5. The maximum atomic E-state index is 12.7. The average molecular weight is 452 g/mol. The molecular formula is C26H42FNO2S. The number of nitrogens with one attached hydrogen (secondary N) is 1. The predicted octanol–water partition coefficient (Wildman–Crippen LogP) is 7.08. The van der Waals surface area contributed by atoms with Gasteiger partial charge in [0.2, 0.25) is 0 Å². The van der Waals surface area contributed by atoms with Gasteiger partial charge in [-0.1, -0.05) is 58.1 Å². The summed E-state index contributed by atoms with van der Waals surface area (Å²) in [5, 5.41) is 3.30. The van der Waals surface area contributed by atoms with Crippen molar-refractivity contribution in [3.8, 4) is 0 Å². The van der Waals surface area contributed by atoms with Gasteiger partial charge >= 0.3 is 5.97 Å². The second-order valence-corrected chi connectivity index (χ2v) is 8.80. The first-order chi connectivity index (χ1) is 14.9. The largest absolute Gasteiger partial charge is 0.466 e. The van der Waals surface area contributed by atoms with E-state index in [1.807, 2.05) is 30.8 Å². The van der Waals surface area contributed by atoms with Crippen molar-refractivity contribution in [1.29, 1.82) is 0 Å². The summed E-state index contributed by atoms with van der Waals surface area (Å²) in [6.45, 7) is 12.8. The Morgan fingerprint density at radius 2 is 1.94 bits per heavy atom. The molecule has 5 heteroatoms. The second kappa shape index (κ2) is 20.2. The molecule has 0 saturated heterocycles. The highest BCUT2D eigenvalue weighted by molar-refractivity contribution is 7.99. The van der Waals surface area contributed by atoms with Gasteiger partial charge in [-0.2, -0.15) is 11.8 Å². The van der Waals surface area contributed by atoms with Crippen LogP contribution in [0.5, 0.6) is 0 Å². The highest BCUT2D eigenvalue weighted by Crippen LogP contribution is 2.07. The fourth-order valence-electron chi connectivity index (χ4n) is 2.63. The number of benzene rings is 1. The van der Waals surface area contributed by atoms with Gasteiger partial charge in [0.05, 0.1) is 6.61 Å². The monoisotopic (exact) mass is 451 g/mol. The van der Waals surface area contributed by atoms with Gasteiger partial charge in [-0.3, -0.25) is 4.79 Å². The topological polar surface area (TPSA) is 38.3 Å². The summed E-state index contributed by atoms with van der Waals surface area (Å²) in [7, 11) is 0. The summed E-state index contributed by atoms with van der Waals surface area (Å²) in [5.41, 5.74) is 2.16. The maximum Gasteiger partial charge on any atom is 0.305 e. The van der Waals surface area contributed by atoms with Crippen LogP contribution in [-0.4, -0.2) is 30.1 Å². The number of thioether (sulfide) groups is 1. The fourth-order valence-corrected chi connectivity index (χ4v) is 3.27. The smallest absolute Gasteiger partial charge is 0.305 e. The standard InChI is InChI=1S/C16H22FN.C10H20O2S/c1-4-16(18-13(2)3)8-6-5-7-14-9-11-15(17)12-10-14;1-3-5-8-12-10(11)7-6-9-13-4-2/h6,8-12,16,18H,2,4-5,7H2,1,3H3;3-9H2,1-2H3/b8-6+;. The molecule has 1 unspecified atom stereocenters. The van der Waals surface area contributed by atoms with Crippen molar-refractivity contribution in [3.05, 3.63) is 60.1 Å². The maximum absolute atomic E-state index is 12.7. The molecule has 0 bridgehead atoms. The van der Waals surface area contributed by atoms with E-state index in [9.17, 15) is 9.18 Å². The van der Waals surface area contributed by atoms with Crippen LogP contribution in [0.15, 0.2) is 48.7 Å². The molecule has 1 atom stereocenters. The van der Waals surface area contributed by atoms with E-state index in [0.717, 1.165) is 55.7 Å². The zero-order chi connectivity index (χ0) is 23.3. The Morgan fingerprint density at radius 1 is 1.23 bits per heavy atom. The first-order valence-corrected chi connectivity index (χ1v) is 12.6. The van der Waals surface area contributed by atoms with Gasteiger partial charge in [0.15, 0.2) is 0 Å². The Bertz CT molecular complexity index is 616. The number of carbonyl (C=O) groups is 1. The number of unbranched alkanes of at least 4 members (excludes halogenated alkanes) is 1. The molecule has 176 valence electrons. The normalized spacial score (nSPS) is 11.5. The lowest BCUT2D eigenvalue weighted by atomic mass is 10.1. The van der Waals surface area contributed by atoms with Crippen LogP contribution in [0.3, 0.4) is 0 Å². The molecule has 0 spiro atoms. The zero-order valence-corrected chi connectivity index (χ0v) is 20.7. The molecule has 0 amide bonds. The van der Waals surface area contributed by atoms with Crippen LogP contribution < -0.4 is 5.32 Å². The first kappa shape index (κ1) is 29.2. The molecule has 0 aliphatic heterocycles. The minimum Gasteiger partial charge on any atom is -0.466 e. The van der Waals surface area contributed by atoms with Gasteiger partial charge in [-0.15, -0.1) is 0 Å². The number of esters is 1. The third kappa shape index (κ3) is 18.7. The molecule has 1 rings (SSSR count). The molecule has 0 saturated carbocycles. The van der Waals surface area contributed by atoms with Gasteiger partial charge in [-0.25, -0.2) is 4.39 Å². The minimum absolute atomic E-state index is 0.0369. The zero-order valence-electron chi connectivity index (χ0n) is 19.9. The van der Waals surface area contributed by atoms with E-state index >= 15 is 0 Å². The van der Waals surface area contributed by atoms with Gasteiger partial charge in [0.1, 0.15) is 5.82 Å². The van der Waals surface area contributed by atoms with Crippen LogP contribution in [0.4, 0.5) is 4.39 Å². The van der Waals surface area contributed by atoms with E-state index in [1.165, 1.54) is 17.7 Å². The Kier molecular flexibility index (Phi) is 19.0. The highest BCUT2D eigenvalue weighted by Gasteiger charge is 2.01. The van der Waals surface area contributed by atoms with Gasteiger partial charge in [0, 0.05) is 18.2 Å². The SMILES string of the molecule is C=C(C)NC(/C=C/CCc1ccc(F)cc1)CC.CCCCOC(=O)CCCSCC. The van der Waals surface area contributed by atoms with Gasteiger partial charge in [-0.05, 0) is 68.2 Å². The molecule has 0 aliphatic carbocycles. The third-order valence-electron chi connectivity index (χ3n) is 4.39. The van der Waals surface area contributed by atoms with Crippen molar-refractivity contribution in [2.75, 3.05) is 18.1 Å². The molecular weight excluding hydrogens is 409 g/mol. The second-order valence-electron chi connectivity index (χ2n) is 7.41. The highest BCUT2D eigenvalue weighted by atomic mass is 32.2. The van der Waals surface area contributed by atoms with E-state index in [0.29, 0.717) is 19.1 Å². The van der Waals surface area contributed by atoms with E-state index < -0.39 is 0 Å². The van der Waals surface area contributed by atoms with E-state index in [1.54, 1.807) is 0 Å². The molecule has 1 aromatic rings. The minimum atomic E-state index is -0.175. The molecule has 1 N–H and O–H groups in total. The summed E-state index contributed by atoms with van der Waals surface area (Å²) in [5.74, 6) is 1.99. The Morgan fingerprint density at radius 3 is 2.52 bits per heavy atom. The summed E-state index contributed by atoms with van der Waals surface area (Å²) in [4.78, 5) is 11.0. The van der Waals surface area contributed by atoms with Crippen LogP contribution in [0.1, 0.15) is 71.8 Å². The molecule has 0 aliphatic rings. The molecule has 0 heterocycles. The Hall–Kier alpha value is -1.75. The summed E-state index contributed by atoms with van der Waals surface area (Å²) >= 11 is 1.87. The molecule has 1 aromatic carbocycles. The van der Waals surface area contributed by atoms with Crippen LogP contribution in [-0.2, 0) is 16.0 Å². The summed E-state index contributed by atoms with van der Waals surface area (Å²) in [6, 6.07) is 7.06. The fraction of sp³-hybridized carbons (Fsp3) is 0.577. The number of allylic oxidation sites excluding steroid dienone is 2. The lowest BCUT2D eigenvalue weighted by Gasteiger charge is -2.13. The number of ether oxygens (including phenoxy) is 1. The third-order valence-corrected chi connectivity index (χ3v) is 5.37. The van der Waals surface area contributed by atoms with Crippen LogP contribution >= 0.6 is 11.8 Å². The van der Waals surface area contributed by atoms with Crippen LogP contribution in [0.25, 0.3) is 0 Å². The van der Waals surface area contributed by atoms with Crippen molar-refractivity contribution < 1.29 is 13.9 Å². The van der Waals surface area contributed by atoms with Crippen molar-refractivity contribution >= 4 is 17.7 Å².